The number of rotatable bonds is 2. The van der Waals surface area contributed by atoms with Crippen molar-refractivity contribution in [2.24, 2.45) is 5.73 Å². The first-order valence-electron chi connectivity index (χ1n) is 7.27. The molecule has 2 N–H and O–H groups in total. The Kier molecular flexibility index (Phi) is 4.28. The van der Waals surface area contributed by atoms with Crippen LogP contribution in [-0.2, 0) is 4.79 Å². The molecule has 0 radical (unpaired) electrons. The van der Waals surface area contributed by atoms with Gasteiger partial charge in [-0.15, -0.1) is 0 Å². The van der Waals surface area contributed by atoms with Gasteiger partial charge in [0.15, 0.2) is 0 Å². The molecule has 4 heteroatoms. The van der Waals surface area contributed by atoms with Gasteiger partial charge < -0.3 is 15.5 Å². The summed E-state index contributed by atoms with van der Waals surface area (Å²) < 4.78 is 0. The van der Waals surface area contributed by atoms with Crippen LogP contribution >= 0.6 is 0 Å². The number of carbonyl (C=O) groups is 1. The quantitative estimate of drug-likeness (QED) is 0.804. The standard InChI is InChI=1S/C14H27N3O/c1-12-11-16(2)8-9-17(12)13(18)10-14(15)6-4-3-5-7-14/h12H,3-11,15H2,1-2H3. The molecule has 2 aliphatic rings. The van der Waals surface area contributed by atoms with Crippen LogP contribution in [0, 0.1) is 0 Å². The van der Waals surface area contributed by atoms with Gasteiger partial charge in [0.25, 0.3) is 0 Å². The molecule has 1 saturated carbocycles. The van der Waals surface area contributed by atoms with E-state index in [1.165, 1.54) is 19.3 Å². The molecule has 1 amide bonds. The van der Waals surface area contributed by atoms with Gasteiger partial charge >= 0.3 is 0 Å². The summed E-state index contributed by atoms with van der Waals surface area (Å²) in [7, 11) is 2.11. The maximum Gasteiger partial charge on any atom is 0.224 e. The molecule has 0 aromatic carbocycles. The molecular formula is C14H27N3O. The van der Waals surface area contributed by atoms with Gasteiger partial charge in [-0.2, -0.15) is 0 Å². The third-order valence-electron chi connectivity index (χ3n) is 4.50. The highest BCUT2D eigenvalue weighted by molar-refractivity contribution is 5.78. The van der Waals surface area contributed by atoms with Crippen molar-refractivity contribution in [2.75, 3.05) is 26.7 Å². The molecule has 1 heterocycles. The van der Waals surface area contributed by atoms with E-state index in [1.807, 2.05) is 4.90 Å². The Bertz CT molecular complexity index is 299. The van der Waals surface area contributed by atoms with E-state index in [9.17, 15) is 4.79 Å². The predicted octanol–water partition coefficient (Wildman–Crippen LogP) is 1.20. The highest BCUT2D eigenvalue weighted by Crippen LogP contribution is 2.29. The topological polar surface area (TPSA) is 49.6 Å². The Hall–Kier alpha value is -0.610. The zero-order chi connectivity index (χ0) is 13.2. The number of amides is 1. The van der Waals surface area contributed by atoms with Crippen LogP contribution in [-0.4, -0.2) is 54.0 Å². The van der Waals surface area contributed by atoms with Gasteiger partial charge in [-0.05, 0) is 26.8 Å². The van der Waals surface area contributed by atoms with Crippen molar-refractivity contribution in [3.63, 3.8) is 0 Å². The number of likely N-dealkylation sites (N-methyl/N-ethyl adjacent to an activating group) is 1. The predicted molar refractivity (Wildman–Crippen MR) is 73.3 cm³/mol. The number of hydrogen-bond acceptors (Lipinski definition) is 3. The van der Waals surface area contributed by atoms with Gasteiger partial charge in [-0.1, -0.05) is 19.3 Å². The fraction of sp³-hybridized carbons (Fsp3) is 0.929. The normalized spacial score (nSPS) is 29.3. The molecule has 18 heavy (non-hydrogen) atoms. The first-order valence-corrected chi connectivity index (χ1v) is 7.27. The molecule has 1 saturated heterocycles. The highest BCUT2D eigenvalue weighted by atomic mass is 16.2. The van der Waals surface area contributed by atoms with E-state index in [2.05, 4.69) is 18.9 Å². The second-order valence-corrected chi connectivity index (χ2v) is 6.30. The van der Waals surface area contributed by atoms with Crippen LogP contribution in [0.5, 0.6) is 0 Å². The molecule has 2 fully saturated rings. The SMILES string of the molecule is CC1CN(C)CCN1C(=O)CC1(N)CCCCC1. The summed E-state index contributed by atoms with van der Waals surface area (Å²) in [6, 6.07) is 0.323. The van der Waals surface area contributed by atoms with Crippen molar-refractivity contribution >= 4 is 5.91 Å². The van der Waals surface area contributed by atoms with Gasteiger partial charge in [-0.3, -0.25) is 4.79 Å². The van der Waals surface area contributed by atoms with Gasteiger partial charge in [0.05, 0.1) is 0 Å². The number of nitrogens with zero attached hydrogens (tertiary/aromatic N) is 2. The average molecular weight is 253 g/mol. The fourth-order valence-electron chi connectivity index (χ4n) is 3.35. The smallest absolute Gasteiger partial charge is 0.224 e. The van der Waals surface area contributed by atoms with Gasteiger partial charge in [0.2, 0.25) is 5.91 Å². The van der Waals surface area contributed by atoms with Gasteiger partial charge in [0.1, 0.15) is 0 Å². The summed E-state index contributed by atoms with van der Waals surface area (Å²) in [6.45, 7) is 4.95. The van der Waals surface area contributed by atoms with Crippen LogP contribution in [0.1, 0.15) is 45.4 Å². The zero-order valence-electron chi connectivity index (χ0n) is 11.8. The molecule has 1 atom stereocenters. The number of piperazine rings is 1. The third kappa shape index (κ3) is 3.23. The molecule has 0 bridgehead atoms. The van der Waals surface area contributed by atoms with E-state index in [-0.39, 0.29) is 11.4 Å². The van der Waals surface area contributed by atoms with Gasteiger partial charge in [-0.25, -0.2) is 0 Å². The Morgan fingerprint density at radius 3 is 2.56 bits per heavy atom. The molecule has 1 aliphatic carbocycles. The largest absolute Gasteiger partial charge is 0.337 e. The molecule has 1 unspecified atom stereocenters. The van der Waals surface area contributed by atoms with Crippen LogP contribution in [0.4, 0.5) is 0 Å². The highest BCUT2D eigenvalue weighted by Gasteiger charge is 2.34. The maximum atomic E-state index is 12.4. The van der Waals surface area contributed by atoms with Crippen molar-refractivity contribution in [1.29, 1.82) is 0 Å². The lowest BCUT2D eigenvalue weighted by Gasteiger charge is -2.41. The van der Waals surface area contributed by atoms with Crippen molar-refractivity contribution in [2.45, 2.75) is 57.0 Å². The monoisotopic (exact) mass is 253 g/mol. The summed E-state index contributed by atoms with van der Waals surface area (Å²) in [4.78, 5) is 16.7. The van der Waals surface area contributed by atoms with Crippen LogP contribution in [0.2, 0.25) is 0 Å². The zero-order valence-corrected chi connectivity index (χ0v) is 11.8. The second kappa shape index (κ2) is 5.57. The molecule has 0 aromatic heterocycles. The van der Waals surface area contributed by atoms with E-state index >= 15 is 0 Å². The van der Waals surface area contributed by atoms with E-state index in [1.54, 1.807) is 0 Å². The lowest BCUT2D eigenvalue weighted by atomic mass is 9.80. The minimum Gasteiger partial charge on any atom is -0.337 e. The van der Waals surface area contributed by atoms with Crippen molar-refractivity contribution in [3.05, 3.63) is 0 Å². The summed E-state index contributed by atoms with van der Waals surface area (Å²) in [5.74, 6) is 0.264. The number of carbonyl (C=O) groups excluding carboxylic acids is 1. The molecule has 1 aliphatic heterocycles. The minimum atomic E-state index is -0.224. The lowest BCUT2D eigenvalue weighted by molar-refractivity contribution is -0.137. The van der Waals surface area contributed by atoms with Crippen LogP contribution in [0.25, 0.3) is 0 Å². The Morgan fingerprint density at radius 2 is 1.94 bits per heavy atom. The summed E-state index contributed by atoms with van der Waals surface area (Å²) in [6.07, 6.45) is 6.21. The lowest BCUT2D eigenvalue weighted by Crippen LogP contribution is -2.55. The molecule has 4 nitrogen and oxygen atoms in total. The van der Waals surface area contributed by atoms with E-state index in [4.69, 9.17) is 5.73 Å². The fourth-order valence-corrected chi connectivity index (χ4v) is 3.35. The maximum absolute atomic E-state index is 12.4. The molecule has 0 aromatic rings. The Morgan fingerprint density at radius 1 is 1.28 bits per heavy atom. The summed E-state index contributed by atoms with van der Waals surface area (Å²) in [5.41, 5.74) is 6.16. The number of hydrogen-bond donors (Lipinski definition) is 1. The summed E-state index contributed by atoms with van der Waals surface area (Å²) in [5, 5.41) is 0. The molecule has 0 spiro atoms. The van der Waals surface area contributed by atoms with Crippen LogP contribution in [0.15, 0.2) is 0 Å². The van der Waals surface area contributed by atoms with Crippen LogP contribution in [0.3, 0.4) is 0 Å². The Labute approximate surface area is 110 Å². The first kappa shape index (κ1) is 13.8. The molecule has 2 rings (SSSR count). The third-order valence-corrected chi connectivity index (χ3v) is 4.50. The van der Waals surface area contributed by atoms with Gasteiger partial charge in [0, 0.05) is 37.6 Å². The van der Waals surface area contributed by atoms with E-state index in [0.29, 0.717) is 12.5 Å². The van der Waals surface area contributed by atoms with Crippen molar-refractivity contribution in [1.82, 2.24) is 9.80 Å². The van der Waals surface area contributed by atoms with E-state index in [0.717, 1.165) is 32.5 Å². The minimum absolute atomic E-state index is 0.224. The summed E-state index contributed by atoms with van der Waals surface area (Å²) >= 11 is 0. The average Bonchev–Trinajstić information content (AvgIpc) is 2.28. The van der Waals surface area contributed by atoms with E-state index < -0.39 is 0 Å². The molecular weight excluding hydrogens is 226 g/mol. The number of nitrogens with two attached hydrogens (primary N) is 1. The Balaban J connectivity index is 1.90. The molecule has 104 valence electrons. The second-order valence-electron chi connectivity index (χ2n) is 6.30. The van der Waals surface area contributed by atoms with Crippen molar-refractivity contribution < 1.29 is 4.79 Å². The first-order chi connectivity index (χ1) is 8.50. The van der Waals surface area contributed by atoms with Crippen molar-refractivity contribution in [3.8, 4) is 0 Å². The van der Waals surface area contributed by atoms with Crippen LogP contribution < -0.4 is 5.73 Å².